The lowest BCUT2D eigenvalue weighted by atomic mass is 9.72. The third kappa shape index (κ3) is 7.84. The Bertz CT molecular complexity index is 1120. The van der Waals surface area contributed by atoms with E-state index < -0.39 is 5.25 Å². The number of ether oxygens (including phenoxy) is 1. The van der Waals surface area contributed by atoms with Gasteiger partial charge in [0.05, 0.1) is 17.4 Å². The van der Waals surface area contributed by atoms with Crippen molar-refractivity contribution in [3.05, 3.63) is 40.3 Å². The third-order valence-corrected chi connectivity index (χ3v) is 9.03. The normalized spacial score (nSPS) is 16.0. The SMILES string of the molecule is CCCCC(=O)Nc1cccc(SC(C)C(=O)Nc2sc3c(c2C(=O)OCC)CCC(C(C)(C)C)C3)c1. The monoisotopic (exact) mass is 544 g/mol. The number of carbonyl (C=O) groups excluding carboxylic acids is 3. The number of hydrogen-bond acceptors (Lipinski definition) is 6. The van der Waals surface area contributed by atoms with Crippen molar-refractivity contribution in [1.29, 1.82) is 0 Å². The summed E-state index contributed by atoms with van der Waals surface area (Å²) in [4.78, 5) is 40.3. The van der Waals surface area contributed by atoms with Gasteiger partial charge in [-0.3, -0.25) is 9.59 Å². The van der Waals surface area contributed by atoms with Gasteiger partial charge in [0.15, 0.2) is 0 Å². The number of carbonyl (C=O) groups is 3. The summed E-state index contributed by atoms with van der Waals surface area (Å²) < 4.78 is 5.37. The molecule has 2 N–H and O–H groups in total. The summed E-state index contributed by atoms with van der Waals surface area (Å²) in [6, 6.07) is 7.54. The van der Waals surface area contributed by atoms with Crippen molar-refractivity contribution in [3.8, 4) is 0 Å². The van der Waals surface area contributed by atoms with Gasteiger partial charge in [0, 0.05) is 21.9 Å². The van der Waals surface area contributed by atoms with E-state index in [1.54, 1.807) is 6.92 Å². The first kappa shape index (κ1) is 29.2. The zero-order valence-corrected chi connectivity index (χ0v) is 24.5. The number of hydrogen-bond donors (Lipinski definition) is 2. The molecule has 3 rings (SSSR count). The topological polar surface area (TPSA) is 84.5 Å². The molecule has 8 heteroatoms. The van der Waals surface area contributed by atoms with Crippen molar-refractivity contribution in [1.82, 2.24) is 0 Å². The van der Waals surface area contributed by atoms with Crippen molar-refractivity contribution in [2.45, 2.75) is 90.2 Å². The molecule has 2 amide bonds. The zero-order chi connectivity index (χ0) is 27.2. The van der Waals surface area contributed by atoms with Gasteiger partial charge in [0.25, 0.3) is 0 Å². The van der Waals surface area contributed by atoms with Crippen LogP contribution in [0.1, 0.15) is 88.0 Å². The molecule has 2 atom stereocenters. The zero-order valence-electron chi connectivity index (χ0n) is 22.9. The van der Waals surface area contributed by atoms with Gasteiger partial charge in [-0.2, -0.15) is 0 Å². The van der Waals surface area contributed by atoms with E-state index in [9.17, 15) is 14.4 Å². The van der Waals surface area contributed by atoms with Crippen LogP contribution in [0.25, 0.3) is 0 Å². The molecule has 1 aliphatic carbocycles. The van der Waals surface area contributed by atoms with E-state index >= 15 is 0 Å². The van der Waals surface area contributed by atoms with Crippen molar-refractivity contribution in [3.63, 3.8) is 0 Å². The van der Waals surface area contributed by atoms with Crippen LogP contribution in [-0.2, 0) is 27.2 Å². The van der Waals surface area contributed by atoms with E-state index in [0.717, 1.165) is 48.3 Å². The largest absolute Gasteiger partial charge is 0.462 e. The quantitative estimate of drug-likeness (QED) is 0.242. The summed E-state index contributed by atoms with van der Waals surface area (Å²) in [6.45, 7) is 12.8. The Morgan fingerprint density at radius 1 is 1.19 bits per heavy atom. The number of benzene rings is 1. The van der Waals surface area contributed by atoms with Gasteiger partial charge in [0.1, 0.15) is 5.00 Å². The predicted octanol–water partition coefficient (Wildman–Crippen LogP) is 7.32. The molecule has 37 heavy (non-hydrogen) atoms. The van der Waals surface area contributed by atoms with Crippen molar-refractivity contribution in [2.24, 2.45) is 11.3 Å². The number of rotatable bonds is 10. The number of unbranched alkanes of at least 4 members (excludes halogenated alkanes) is 1. The van der Waals surface area contributed by atoms with E-state index in [1.807, 2.05) is 31.2 Å². The summed E-state index contributed by atoms with van der Waals surface area (Å²) in [7, 11) is 0. The van der Waals surface area contributed by atoms with Crippen LogP contribution in [0.3, 0.4) is 0 Å². The second-order valence-corrected chi connectivity index (χ2v) is 13.2. The number of fused-ring (bicyclic) bond motifs is 1. The highest BCUT2D eigenvalue weighted by atomic mass is 32.2. The smallest absolute Gasteiger partial charge is 0.341 e. The molecule has 0 fully saturated rings. The number of nitrogens with one attached hydrogen (secondary N) is 2. The Hall–Kier alpha value is -2.32. The molecule has 202 valence electrons. The number of thioether (sulfide) groups is 1. The predicted molar refractivity (Wildman–Crippen MR) is 154 cm³/mol. The van der Waals surface area contributed by atoms with Crippen LogP contribution in [0.2, 0.25) is 0 Å². The van der Waals surface area contributed by atoms with Gasteiger partial charge >= 0.3 is 5.97 Å². The average Bonchev–Trinajstić information content (AvgIpc) is 3.19. The average molecular weight is 545 g/mol. The maximum atomic E-state index is 13.2. The summed E-state index contributed by atoms with van der Waals surface area (Å²) >= 11 is 2.93. The van der Waals surface area contributed by atoms with E-state index in [0.29, 0.717) is 29.5 Å². The molecule has 1 aliphatic rings. The Labute approximate surface area is 229 Å². The van der Waals surface area contributed by atoms with Crippen LogP contribution in [-0.4, -0.2) is 29.6 Å². The standard InChI is InChI=1S/C29H40N2O4S2/c1-7-9-13-24(32)30-20-11-10-12-21(17-20)36-18(3)26(33)31-27-25(28(34)35-8-2)22-15-14-19(29(4,5)6)16-23(22)37-27/h10-12,17-19H,7-9,13-16H2,1-6H3,(H,30,32)(H,31,33). The van der Waals surface area contributed by atoms with Crippen molar-refractivity contribution < 1.29 is 19.1 Å². The van der Waals surface area contributed by atoms with E-state index in [4.69, 9.17) is 4.74 Å². The molecule has 0 saturated heterocycles. The molecule has 6 nitrogen and oxygen atoms in total. The van der Waals surface area contributed by atoms with Gasteiger partial charge in [-0.1, -0.05) is 40.2 Å². The van der Waals surface area contributed by atoms with Crippen LogP contribution < -0.4 is 10.6 Å². The Balaban J connectivity index is 1.74. The fraction of sp³-hybridized carbons (Fsp3) is 0.552. The Morgan fingerprint density at radius 2 is 1.95 bits per heavy atom. The van der Waals surface area contributed by atoms with Gasteiger partial charge in [0.2, 0.25) is 11.8 Å². The summed E-state index contributed by atoms with van der Waals surface area (Å²) in [5.41, 5.74) is 2.47. The van der Waals surface area contributed by atoms with E-state index in [2.05, 4.69) is 38.3 Å². The Morgan fingerprint density at radius 3 is 2.62 bits per heavy atom. The molecule has 0 bridgehead atoms. The van der Waals surface area contributed by atoms with Gasteiger partial charge in [-0.05, 0) is 74.6 Å². The molecular weight excluding hydrogens is 504 g/mol. The lowest BCUT2D eigenvalue weighted by Crippen LogP contribution is -2.27. The summed E-state index contributed by atoms with van der Waals surface area (Å²) in [5, 5.41) is 6.16. The highest BCUT2D eigenvalue weighted by molar-refractivity contribution is 8.00. The van der Waals surface area contributed by atoms with Crippen LogP contribution >= 0.6 is 23.1 Å². The molecule has 0 spiro atoms. The first-order valence-corrected chi connectivity index (χ1v) is 14.9. The minimum absolute atomic E-state index is 0.00310. The molecule has 2 unspecified atom stereocenters. The fourth-order valence-corrected chi connectivity index (χ4v) is 6.76. The van der Waals surface area contributed by atoms with Crippen LogP contribution in [0, 0.1) is 11.3 Å². The third-order valence-electron chi connectivity index (χ3n) is 6.76. The lowest BCUT2D eigenvalue weighted by molar-refractivity contribution is -0.116. The summed E-state index contributed by atoms with van der Waals surface area (Å²) in [6.07, 6.45) is 5.07. The molecular formula is C29H40N2O4S2. The van der Waals surface area contributed by atoms with Gasteiger partial charge in [-0.15, -0.1) is 23.1 Å². The molecule has 0 radical (unpaired) electrons. The minimum Gasteiger partial charge on any atom is -0.462 e. The van der Waals surface area contributed by atoms with E-state index in [-0.39, 0.29) is 23.2 Å². The molecule has 0 aliphatic heterocycles. The second-order valence-electron chi connectivity index (χ2n) is 10.7. The van der Waals surface area contributed by atoms with Gasteiger partial charge in [-0.25, -0.2) is 4.79 Å². The van der Waals surface area contributed by atoms with Crippen LogP contribution in [0.4, 0.5) is 10.7 Å². The Kier molecular flexibility index (Phi) is 10.2. The number of anilines is 2. The molecule has 1 heterocycles. The molecule has 1 aromatic heterocycles. The van der Waals surface area contributed by atoms with E-state index in [1.165, 1.54) is 28.0 Å². The van der Waals surface area contributed by atoms with Crippen molar-refractivity contribution in [2.75, 3.05) is 17.2 Å². The van der Waals surface area contributed by atoms with Crippen LogP contribution in [0.5, 0.6) is 0 Å². The molecule has 2 aromatic rings. The molecule has 0 saturated carbocycles. The number of thiophene rings is 1. The first-order valence-electron chi connectivity index (χ1n) is 13.2. The summed E-state index contributed by atoms with van der Waals surface area (Å²) in [5.74, 6) is -0.00616. The maximum Gasteiger partial charge on any atom is 0.341 e. The second kappa shape index (κ2) is 13.0. The highest BCUT2D eigenvalue weighted by Crippen LogP contribution is 2.44. The minimum atomic E-state index is -0.400. The lowest BCUT2D eigenvalue weighted by Gasteiger charge is -2.33. The van der Waals surface area contributed by atoms with Gasteiger partial charge < -0.3 is 15.4 Å². The molecule has 1 aromatic carbocycles. The first-order chi connectivity index (χ1) is 17.5. The fourth-order valence-electron chi connectivity index (χ4n) is 4.51. The van der Waals surface area contributed by atoms with Crippen LogP contribution in [0.15, 0.2) is 29.2 Å². The highest BCUT2D eigenvalue weighted by Gasteiger charge is 2.34. The number of esters is 1. The number of amides is 2. The van der Waals surface area contributed by atoms with Crippen molar-refractivity contribution >= 4 is 51.6 Å². The maximum absolute atomic E-state index is 13.2.